The van der Waals surface area contributed by atoms with Crippen molar-refractivity contribution in [3.8, 4) is 5.75 Å². The van der Waals surface area contributed by atoms with Gasteiger partial charge in [0.2, 0.25) is 3.79 Å². The van der Waals surface area contributed by atoms with Crippen LogP contribution in [0.4, 0.5) is 4.79 Å². The minimum Gasteiger partial charge on any atom is -0.430 e. The Morgan fingerprint density at radius 2 is 1.75 bits per heavy atom. The summed E-state index contributed by atoms with van der Waals surface area (Å²) in [5.41, 5.74) is 2.34. The lowest BCUT2D eigenvalue weighted by Gasteiger charge is -2.58. The number of fused-ring (bicyclic) bond motifs is 5. The van der Waals surface area contributed by atoms with E-state index in [4.69, 9.17) is 67.5 Å². The largest absolute Gasteiger partial charge is 0.514 e. The lowest BCUT2D eigenvalue weighted by atomic mass is 9.47. The van der Waals surface area contributed by atoms with E-state index < -0.39 is 9.95 Å². The molecule has 8 unspecified atom stereocenters. The summed E-state index contributed by atoms with van der Waals surface area (Å²) in [6.07, 6.45) is 14.5. The summed E-state index contributed by atoms with van der Waals surface area (Å²) in [4.78, 5) is 17.1. The molecule has 1 aromatic heterocycles. The Hall–Kier alpha value is -0.390. The van der Waals surface area contributed by atoms with E-state index in [1.807, 2.05) is 0 Å². The second kappa shape index (κ2) is 13.3. The van der Waals surface area contributed by atoms with Crippen LogP contribution in [-0.4, -0.2) is 17.2 Å². The van der Waals surface area contributed by atoms with E-state index in [0.29, 0.717) is 17.0 Å². The summed E-state index contributed by atoms with van der Waals surface area (Å²) in [5.74, 6) is 4.61. The molecular weight excluding hydrogens is 660 g/mol. The predicted octanol–water partition coefficient (Wildman–Crippen LogP) is 12.4. The zero-order chi connectivity index (χ0) is 32.2. The first-order chi connectivity index (χ1) is 20.6. The Labute approximate surface area is 289 Å². The zero-order valence-corrected chi connectivity index (χ0v) is 30.7. The third-order valence-electron chi connectivity index (χ3n) is 12.2. The molecule has 0 saturated heterocycles. The topological polar surface area (TPSA) is 48.4 Å². The van der Waals surface area contributed by atoms with E-state index in [1.165, 1.54) is 50.5 Å². The van der Waals surface area contributed by atoms with E-state index in [2.05, 4.69) is 45.7 Å². The molecule has 246 valence electrons. The van der Waals surface area contributed by atoms with Crippen LogP contribution in [0.2, 0.25) is 10.0 Å². The number of allylic oxidation sites excluding steroid dienone is 1. The van der Waals surface area contributed by atoms with Crippen molar-refractivity contribution in [1.82, 2.24) is 4.98 Å². The van der Waals surface area contributed by atoms with E-state index in [0.717, 1.165) is 55.3 Å². The van der Waals surface area contributed by atoms with Gasteiger partial charge in [0.15, 0.2) is 5.75 Å². The molecule has 0 N–H and O–H groups in total. The van der Waals surface area contributed by atoms with Crippen LogP contribution >= 0.6 is 58.0 Å². The zero-order valence-electron chi connectivity index (χ0n) is 27.0. The van der Waals surface area contributed by atoms with E-state index in [9.17, 15) is 4.79 Å². The summed E-state index contributed by atoms with van der Waals surface area (Å²) in [6, 6.07) is 0. The molecule has 44 heavy (non-hydrogen) atoms. The Kier molecular flexibility index (Phi) is 10.5. The summed E-state index contributed by atoms with van der Waals surface area (Å²) in [5, 5.41) is -0.0520. The lowest BCUT2D eigenvalue weighted by molar-refractivity contribution is -0.0597. The molecule has 1 heterocycles. The lowest BCUT2D eigenvalue weighted by Crippen LogP contribution is -2.51. The van der Waals surface area contributed by atoms with Gasteiger partial charge in [0.05, 0.1) is 5.69 Å². The number of halogens is 5. The molecule has 5 rings (SSSR count). The second-order valence-corrected chi connectivity index (χ2v) is 18.2. The Bertz CT molecular complexity index is 1280. The van der Waals surface area contributed by atoms with Crippen molar-refractivity contribution < 1.29 is 14.3 Å². The summed E-state index contributed by atoms with van der Waals surface area (Å²) in [6.45, 7) is 14.0. The first kappa shape index (κ1) is 34.9. The Morgan fingerprint density at radius 3 is 2.43 bits per heavy atom. The average Bonchev–Trinajstić information content (AvgIpc) is 3.29. The van der Waals surface area contributed by atoms with E-state index in [-0.39, 0.29) is 33.0 Å². The third-order valence-corrected chi connectivity index (χ3v) is 13.5. The number of nitrogens with zero attached hydrogens (tertiary/aromatic N) is 1. The number of carbonyl (C=O) groups excluding carboxylic acids is 1. The molecule has 3 fully saturated rings. The van der Waals surface area contributed by atoms with Crippen LogP contribution in [0.15, 0.2) is 11.6 Å². The highest BCUT2D eigenvalue weighted by atomic mass is 35.6. The van der Waals surface area contributed by atoms with Gasteiger partial charge in [-0.05, 0) is 98.2 Å². The molecule has 4 aliphatic rings. The number of carbonyl (C=O) groups is 1. The number of ether oxygens (including phenoxy) is 2. The van der Waals surface area contributed by atoms with Crippen molar-refractivity contribution >= 4 is 64.2 Å². The van der Waals surface area contributed by atoms with E-state index >= 15 is 0 Å². The molecular formula is C35H48Cl5NO3. The summed E-state index contributed by atoms with van der Waals surface area (Å²) >= 11 is 30.9. The number of pyridine rings is 1. The normalized spacial score (nSPS) is 34.1. The molecule has 3 saturated carbocycles. The van der Waals surface area contributed by atoms with Crippen LogP contribution < -0.4 is 4.74 Å². The van der Waals surface area contributed by atoms with Gasteiger partial charge >= 0.3 is 6.16 Å². The molecule has 0 radical (unpaired) electrons. The van der Waals surface area contributed by atoms with Crippen molar-refractivity contribution in [3.05, 3.63) is 33.1 Å². The molecule has 1 aromatic rings. The standard InChI is InChI=1S/C35H48Cl5NO3/c1-19(2)8-7-9-20(3)25-12-13-26-24-11-10-22-18-23(14-16-33(22,5)27(24)15-17-34(25,26)6)43-32(42)44-30-28(36)21(4)41-31(29(30)37)35(38,39)40/h10,19-20,23-27H,7-9,11-18H2,1-6H3. The van der Waals surface area contributed by atoms with Gasteiger partial charge in [-0.2, -0.15) is 0 Å². The SMILES string of the molecule is Cc1nc(C(Cl)(Cl)Cl)c(Cl)c(OC(=O)OC2CCC3(C)C(=CCC4C3CCC3(C)C(C(C)CCCC(C)C)CCC43)C2)c1Cl. The van der Waals surface area contributed by atoms with Crippen molar-refractivity contribution in [2.75, 3.05) is 0 Å². The maximum absolute atomic E-state index is 13.0. The monoisotopic (exact) mass is 705 g/mol. The molecule has 4 aliphatic carbocycles. The van der Waals surface area contributed by atoms with Crippen molar-refractivity contribution in [2.24, 2.45) is 46.3 Å². The van der Waals surface area contributed by atoms with Crippen molar-refractivity contribution in [2.45, 2.75) is 122 Å². The van der Waals surface area contributed by atoms with Crippen molar-refractivity contribution in [3.63, 3.8) is 0 Å². The molecule has 0 aliphatic heterocycles. The number of hydrogen-bond donors (Lipinski definition) is 0. The van der Waals surface area contributed by atoms with Gasteiger partial charge in [-0.25, -0.2) is 4.79 Å². The quantitative estimate of drug-likeness (QED) is 0.161. The van der Waals surface area contributed by atoms with Crippen LogP contribution in [0.25, 0.3) is 0 Å². The summed E-state index contributed by atoms with van der Waals surface area (Å²) in [7, 11) is 0. The first-order valence-electron chi connectivity index (χ1n) is 16.6. The van der Waals surface area contributed by atoms with Crippen LogP contribution in [0.5, 0.6) is 5.75 Å². The van der Waals surface area contributed by atoms with Gasteiger partial charge in [-0.15, -0.1) is 0 Å². The summed E-state index contributed by atoms with van der Waals surface area (Å²) < 4.78 is 9.43. The van der Waals surface area contributed by atoms with Crippen LogP contribution in [0, 0.1) is 53.3 Å². The number of rotatable bonds is 7. The Balaban J connectivity index is 1.24. The van der Waals surface area contributed by atoms with Gasteiger partial charge in [0, 0.05) is 6.42 Å². The predicted molar refractivity (Wildman–Crippen MR) is 182 cm³/mol. The Morgan fingerprint density at radius 1 is 1.02 bits per heavy atom. The fourth-order valence-corrected chi connectivity index (χ4v) is 11.0. The number of aromatic nitrogens is 1. The highest BCUT2D eigenvalue weighted by Crippen LogP contribution is 2.67. The maximum atomic E-state index is 13.0. The van der Waals surface area contributed by atoms with Gasteiger partial charge in [0.1, 0.15) is 21.8 Å². The highest BCUT2D eigenvalue weighted by molar-refractivity contribution is 6.67. The highest BCUT2D eigenvalue weighted by Gasteiger charge is 2.59. The molecule has 4 nitrogen and oxygen atoms in total. The third kappa shape index (κ3) is 6.65. The maximum Gasteiger partial charge on any atom is 0.514 e. The fourth-order valence-electron chi connectivity index (χ4n) is 9.91. The minimum absolute atomic E-state index is 0.0537. The molecule has 0 spiro atoms. The minimum atomic E-state index is -1.91. The first-order valence-corrected chi connectivity index (χ1v) is 18.5. The number of alkyl halides is 3. The molecule has 9 heteroatoms. The van der Waals surface area contributed by atoms with Gasteiger partial charge in [-0.1, -0.05) is 124 Å². The average molecular weight is 708 g/mol. The molecule has 0 amide bonds. The van der Waals surface area contributed by atoms with Gasteiger partial charge in [-0.3, -0.25) is 4.98 Å². The fraction of sp³-hybridized carbons (Fsp3) is 0.771. The molecule has 0 aromatic carbocycles. The smallest absolute Gasteiger partial charge is 0.430 e. The second-order valence-electron chi connectivity index (χ2n) is 15.1. The molecule has 0 bridgehead atoms. The van der Waals surface area contributed by atoms with Crippen molar-refractivity contribution in [1.29, 1.82) is 0 Å². The van der Waals surface area contributed by atoms with Crippen LogP contribution in [-0.2, 0) is 8.53 Å². The van der Waals surface area contributed by atoms with Gasteiger partial charge in [0.25, 0.3) is 0 Å². The van der Waals surface area contributed by atoms with Crippen LogP contribution in [0.1, 0.15) is 117 Å². The van der Waals surface area contributed by atoms with Gasteiger partial charge < -0.3 is 9.47 Å². The van der Waals surface area contributed by atoms with E-state index in [1.54, 1.807) is 6.92 Å². The molecule has 8 atom stereocenters. The number of aryl methyl sites for hydroxylation is 1. The van der Waals surface area contributed by atoms with Crippen LogP contribution in [0.3, 0.4) is 0 Å². The number of hydrogen-bond acceptors (Lipinski definition) is 4.